The molecule has 624 valence electrons. The molecule has 0 aliphatic rings. The molecule has 0 aromatic carbocycles. The zero-order chi connectivity index (χ0) is 76.8. The molecule has 0 rings (SSSR count). The van der Waals surface area contributed by atoms with E-state index in [1.165, 1.54) is 405 Å². The van der Waals surface area contributed by atoms with Crippen LogP contribution < -0.4 is 4.89 Å². The third-order valence-electron chi connectivity index (χ3n) is 21.5. The maximum absolute atomic E-state index is 12.9. The van der Waals surface area contributed by atoms with Crippen molar-refractivity contribution in [3.63, 3.8) is 0 Å². The number of likely N-dealkylation sites (N-methyl/N-ethyl adjacent to an activating group) is 1. The summed E-state index contributed by atoms with van der Waals surface area (Å²) in [4.78, 5) is 38.3. The lowest BCUT2D eigenvalue weighted by Crippen LogP contribution is -2.37. The van der Waals surface area contributed by atoms with Gasteiger partial charge in [-0.3, -0.25) is 14.2 Å². The highest BCUT2D eigenvalue weighted by Gasteiger charge is 2.22. The summed E-state index contributed by atoms with van der Waals surface area (Å²) < 4.78 is 34.5. The van der Waals surface area contributed by atoms with E-state index >= 15 is 0 Å². The van der Waals surface area contributed by atoms with E-state index in [0.29, 0.717) is 17.4 Å². The largest absolute Gasteiger partial charge is 0.756 e. The highest BCUT2D eigenvalue weighted by Crippen LogP contribution is 2.38. The Labute approximate surface area is 661 Å². The number of hydrogen-bond acceptors (Lipinski definition) is 8. The van der Waals surface area contributed by atoms with Crippen LogP contribution in [0.2, 0.25) is 0 Å². The predicted molar refractivity (Wildman–Crippen MR) is 462 cm³/mol. The Morgan fingerprint density at radius 3 is 0.755 bits per heavy atom. The second-order valence-electron chi connectivity index (χ2n) is 33.4. The molecule has 0 N–H and O–H groups in total. The summed E-state index contributed by atoms with van der Waals surface area (Å²) in [6.07, 6.45) is 118. The van der Waals surface area contributed by atoms with Gasteiger partial charge in [0.05, 0.1) is 27.7 Å². The van der Waals surface area contributed by atoms with Crippen molar-refractivity contribution in [2.24, 2.45) is 0 Å². The van der Waals surface area contributed by atoms with E-state index in [0.717, 1.165) is 51.4 Å². The molecule has 0 saturated carbocycles. The first-order chi connectivity index (χ1) is 52.0. The van der Waals surface area contributed by atoms with E-state index < -0.39 is 26.5 Å². The number of ether oxygens (including phenoxy) is 2. The minimum Gasteiger partial charge on any atom is -0.756 e. The number of esters is 2. The highest BCUT2D eigenvalue weighted by atomic mass is 31.2. The van der Waals surface area contributed by atoms with Gasteiger partial charge in [-0.05, 0) is 83.5 Å². The van der Waals surface area contributed by atoms with Crippen LogP contribution in [-0.4, -0.2) is 70.0 Å². The van der Waals surface area contributed by atoms with Gasteiger partial charge in [0.25, 0.3) is 7.82 Å². The second-order valence-corrected chi connectivity index (χ2v) is 34.8. The Balaban J connectivity index is 3.82. The van der Waals surface area contributed by atoms with E-state index in [1.54, 1.807) is 0 Å². The molecule has 0 radical (unpaired) electrons. The zero-order valence-corrected chi connectivity index (χ0v) is 72.6. The second kappa shape index (κ2) is 86.7. The Hall–Kier alpha value is -2.29. The van der Waals surface area contributed by atoms with Crippen molar-refractivity contribution in [3.8, 4) is 0 Å². The Bertz CT molecular complexity index is 1980. The molecule has 0 aliphatic carbocycles. The molecular formula is C96H182NO8P. The highest BCUT2D eigenvalue weighted by molar-refractivity contribution is 7.45. The number of carbonyl (C=O) groups excluding carboxylic acids is 2. The molecule has 106 heavy (non-hydrogen) atoms. The van der Waals surface area contributed by atoms with Gasteiger partial charge in [0, 0.05) is 12.8 Å². The van der Waals surface area contributed by atoms with E-state index in [9.17, 15) is 19.0 Å². The molecule has 0 heterocycles. The molecule has 0 aromatic rings. The Morgan fingerprint density at radius 2 is 0.509 bits per heavy atom. The average molecular weight is 1510 g/mol. The minimum atomic E-state index is -4.65. The van der Waals surface area contributed by atoms with Crippen molar-refractivity contribution in [2.75, 3.05) is 47.5 Å². The molecule has 0 amide bonds. The summed E-state index contributed by atoms with van der Waals surface area (Å²) in [7, 11) is 1.19. The molecule has 2 atom stereocenters. The molecule has 0 bridgehead atoms. The zero-order valence-electron chi connectivity index (χ0n) is 71.7. The average Bonchev–Trinajstić information content (AvgIpc) is 0.908. The van der Waals surface area contributed by atoms with E-state index in [-0.39, 0.29) is 32.0 Å². The number of rotatable bonds is 89. The fourth-order valence-corrected chi connectivity index (χ4v) is 15.1. The lowest BCUT2D eigenvalue weighted by atomic mass is 10.0. The number of unbranched alkanes of at least 4 members (excludes halogenated alkanes) is 65. The first kappa shape index (κ1) is 104. The van der Waals surface area contributed by atoms with Crippen molar-refractivity contribution in [2.45, 2.75) is 495 Å². The molecule has 0 aromatic heterocycles. The Kier molecular flexibility index (Phi) is 84.8. The monoisotopic (exact) mass is 1510 g/mol. The normalized spacial score (nSPS) is 13.2. The van der Waals surface area contributed by atoms with Crippen molar-refractivity contribution in [1.82, 2.24) is 0 Å². The summed E-state index contributed by atoms with van der Waals surface area (Å²) >= 11 is 0. The SMILES string of the molecule is CCCCCCC/C=C\C/C=C\C/C=C\CCCCCCCCCCCCCCCCCCCCCCCCCCCCC(=O)OC(COC(=O)CCCCCCCCCCCCCCCCCCCCCCCCCCCCCCC/C=C\C/C=C\CCCCCCC)COP(=O)([O-])OCC[N+](C)(C)C. The number of allylic oxidation sites excluding steroid dienone is 10. The molecule has 9 nitrogen and oxygen atoms in total. The lowest BCUT2D eigenvalue weighted by Gasteiger charge is -2.28. The molecule has 0 saturated heterocycles. The van der Waals surface area contributed by atoms with Crippen LogP contribution in [0.3, 0.4) is 0 Å². The first-order valence-electron chi connectivity index (χ1n) is 47.0. The Morgan fingerprint density at radius 1 is 0.292 bits per heavy atom. The smallest absolute Gasteiger partial charge is 0.306 e. The maximum atomic E-state index is 12.9. The van der Waals surface area contributed by atoms with Gasteiger partial charge >= 0.3 is 11.9 Å². The standard InChI is InChI=1S/C96H182NO8P/c1-6-8-10-12-14-16-18-20-22-24-26-28-30-32-34-36-38-40-42-44-46-48-50-52-54-56-58-60-62-64-66-68-70-72-74-76-78-80-82-84-86-88-95(98)102-92-94(93-104-106(100,101)103-91-90-97(3,4)5)105-96(99)89-87-85-83-81-79-77-75-73-71-69-67-65-63-61-59-57-55-53-51-49-47-45-43-41-39-37-35-33-31-29-27-25-23-21-19-17-15-13-11-9-7-2/h18-21,24-27,31,33,94H,6-17,22-23,28-30,32,34-93H2,1-5H3/b20-18-,21-19-,26-24-,27-25-,33-31-. The van der Waals surface area contributed by atoms with Crippen molar-refractivity contribution >= 4 is 19.8 Å². The van der Waals surface area contributed by atoms with E-state index in [1.807, 2.05) is 21.1 Å². The van der Waals surface area contributed by atoms with Crippen molar-refractivity contribution < 1.29 is 42.1 Å². The van der Waals surface area contributed by atoms with Gasteiger partial charge in [-0.25, -0.2) is 0 Å². The van der Waals surface area contributed by atoms with E-state index in [2.05, 4.69) is 74.6 Å². The molecule has 0 fully saturated rings. The molecular weight excluding hydrogens is 1330 g/mol. The molecule has 0 spiro atoms. The number of phosphoric acid groups is 1. The quantitative estimate of drug-likeness (QED) is 0.0195. The van der Waals surface area contributed by atoms with Gasteiger partial charge in [0.1, 0.15) is 19.8 Å². The lowest BCUT2D eigenvalue weighted by molar-refractivity contribution is -0.870. The third-order valence-corrected chi connectivity index (χ3v) is 22.5. The van der Waals surface area contributed by atoms with Crippen LogP contribution in [0.15, 0.2) is 60.8 Å². The number of phosphoric ester groups is 1. The van der Waals surface area contributed by atoms with Crippen molar-refractivity contribution in [1.29, 1.82) is 0 Å². The summed E-state index contributed by atoms with van der Waals surface area (Å²) in [6.45, 7) is 4.30. The van der Waals surface area contributed by atoms with Crippen LogP contribution >= 0.6 is 7.82 Å². The number of hydrogen-bond donors (Lipinski definition) is 0. The number of nitrogens with zero attached hydrogens (tertiary/aromatic N) is 1. The van der Waals surface area contributed by atoms with Crippen molar-refractivity contribution in [3.05, 3.63) is 60.8 Å². The van der Waals surface area contributed by atoms with Crippen LogP contribution in [-0.2, 0) is 32.7 Å². The summed E-state index contributed by atoms with van der Waals surface area (Å²) in [5.41, 5.74) is 0. The van der Waals surface area contributed by atoms with Crippen LogP contribution in [0.1, 0.15) is 489 Å². The number of quaternary nitrogens is 1. The van der Waals surface area contributed by atoms with E-state index in [4.69, 9.17) is 18.5 Å². The number of carbonyl (C=O) groups is 2. The predicted octanol–water partition coefficient (Wildman–Crippen LogP) is 31.3. The van der Waals surface area contributed by atoms with Gasteiger partial charge < -0.3 is 27.9 Å². The fraction of sp³-hybridized carbons (Fsp3) is 0.875. The maximum Gasteiger partial charge on any atom is 0.306 e. The molecule has 0 aliphatic heterocycles. The van der Waals surface area contributed by atoms with Crippen LogP contribution in [0, 0.1) is 0 Å². The summed E-state index contributed by atoms with van der Waals surface area (Å²) in [6, 6.07) is 0. The van der Waals surface area contributed by atoms with Gasteiger partial charge in [-0.15, -0.1) is 0 Å². The summed E-state index contributed by atoms with van der Waals surface area (Å²) in [5.74, 6) is -0.804. The molecule has 2 unspecified atom stereocenters. The first-order valence-corrected chi connectivity index (χ1v) is 48.5. The molecule has 10 heteroatoms. The van der Waals surface area contributed by atoms with Crippen LogP contribution in [0.4, 0.5) is 0 Å². The summed E-state index contributed by atoms with van der Waals surface area (Å²) in [5, 5.41) is 0. The third kappa shape index (κ3) is 90.6. The van der Waals surface area contributed by atoms with Gasteiger partial charge in [0.2, 0.25) is 0 Å². The minimum absolute atomic E-state index is 0.0274. The fourth-order valence-electron chi connectivity index (χ4n) is 14.4. The van der Waals surface area contributed by atoms with Gasteiger partial charge in [-0.1, -0.05) is 453 Å². The van der Waals surface area contributed by atoms with Gasteiger partial charge in [-0.2, -0.15) is 0 Å². The van der Waals surface area contributed by atoms with Crippen LogP contribution in [0.5, 0.6) is 0 Å². The van der Waals surface area contributed by atoms with Crippen LogP contribution in [0.25, 0.3) is 0 Å². The van der Waals surface area contributed by atoms with Gasteiger partial charge in [0.15, 0.2) is 6.10 Å². The topological polar surface area (TPSA) is 111 Å².